The Balaban J connectivity index is 1.77. The van der Waals surface area contributed by atoms with Crippen molar-refractivity contribution in [3.8, 4) is 0 Å². The Labute approximate surface area is 135 Å². The van der Waals surface area contributed by atoms with E-state index < -0.39 is 21.8 Å². The van der Waals surface area contributed by atoms with Crippen LogP contribution in [0.1, 0.15) is 18.9 Å². The van der Waals surface area contributed by atoms with Crippen molar-refractivity contribution in [2.24, 2.45) is 0 Å². The fourth-order valence-electron chi connectivity index (χ4n) is 2.47. The highest BCUT2D eigenvalue weighted by molar-refractivity contribution is 7.91. The van der Waals surface area contributed by atoms with Gasteiger partial charge in [0.2, 0.25) is 5.91 Å². The first kappa shape index (κ1) is 17.3. The van der Waals surface area contributed by atoms with Crippen LogP contribution in [-0.2, 0) is 21.1 Å². The van der Waals surface area contributed by atoms with Gasteiger partial charge < -0.3 is 16.0 Å². The number of sulfone groups is 1. The maximum atomic E-state index is 11.8. The van der Waals surface area contributed by atoms with E-state index in [2.05, 4.69) is 16.0 Å². The summed E-state index contributed by atoms with van der Waals surface area (Å²) in [5.41, 5.74) is 1.71. The largest absolute Gasteiger partial charge is 0.351 e. The average Bonchev–Trinajstić information content (AvgIpc) is 2.84. The van der Waals surface area contributed by atoms with Crippen LogP contribution in [0.2, 0.25) is 0 Å². The van der Waals surface area contributed by atoms with Crippen LogP contribution < -0.4 is 16.0 Å². The summed E-state index contributed by atoms with van der Waals surface area (Å²) >= 11 is 0. The lowest BCUT2D eigenvalue weighted by Gasteiger charge is -2.13. The fraction of sp³-hybridized carbons (Fsp3) is 0.467. The third kappa shape index (κ3) is 5.24. The molecular formula is C15H21N3O4S. The van der Waals surface area contributed by atoms with Gasteiger partial charge in [-0.3, -0.25) is 4.79 Å². The Morgan fingerprint density at radius 2 is 2.00 bits per heavy atom. The molecule has 1 heterocycles. The van der Waals surface area contributed by atoms with Crippen molar-refractivity contribution in [1.29, 1.82) is 0 Å². The third-order valence-corrected chi connectivity index (χ3v) is 5.42. The lowest BCUT2D eigenvalue weighted by molar-refractivity contribution is -0.120. The molecule has 126 valence electrons. The molecule has 3 amide bonds. The van der Waals surface area contributed by atoms with E-state index in [1.165, 1.54) is 0 Å². The Bertz CT molecular complexity index is 688. The van der Waals surface area contributed by atoms with Crippen molar-refractivity contribution >= 4 is 27.5 Å². The van der Waals surface area contributed by atoms with Crippen LogP contribution in [0.15, 0.2) is 24.3 Å². The van der Waals surface area contributed by atoms with Gasteiger partial charge in [0, 0.05) is 11.7 Å². The van der Waals surface area contributed by atoms with E-state index in [1.54, 1.807) is 6.07 Å². The maximum Gasteiger partial charge on any atom is 0.319 e. The van der Waals surface area contributed by atoms with Crippen molar-refractivity contribution < 1.29 is 18.0 Å². The predicted molar refractivity (Wildman–Crippen MR) is 88.0 cm³/mol. The molecule has 0 radical (unpaired) electrons. The van der Waals surface area contributed by atoms with E-state index in [-0.39, 0.29) is 24.1 Å². The average molecular weight is 339 g/mol. The predicted octanol–water partition coefficient (Wildman–Crippen LogP) is 0.674. The van der Waals surface area contributed by atoms with Gasteiger partial charge in [-0.05, 0) is 24.5 Å². The molecule has 23 heavy (non-hydrogen) atoms. The standard InChI is InChI=1S/C15H21N3O4S/c1-2-11-5-3-4-6-13(11)18-15(20)16-9-14(19)17-12-7-8-23(21,22)10-12/h3-6,12H,2,7-10H2,1H3,(H,17,19)(H2,16,18,20). The van der Waals surface area contributed by atoms with Crippen molar-refractivity contribution in [2.75, 3.05) is 23.4 Å². The molecule has 0 bridgehead atoms. The van der Waals surface area contributed by atoms with Gasteiger partial charge in [-0.2, -0.15) is 0 Å². The lowest BCUT2D eigenvalue weighted by atomic mass is 10.1. The normalized spacial score (nSPS) is 19.1. The molecule has 0 aliphatic carbocycles. The molecular weight excluding hydrogens is 318 g/mol. The van der Waals surface area contributed by atoms with Gasteiger partial charge in [0.05, 0.1) is 18.1 Å². The summed E-state index contributed by atoms with van der Waals surface area (Å²) in [6, 6.07) is 6.59. The molecule has 0 aromatic heterocycles. The van der Waals surface area contributed by atoms with Gasteiger partial charge in [0.15, 0.2) is 9.84 Å². The van der Waals surface area contributed by atoms with E-state index in [0.717, 1.165) is 12.0 Å². The monoisotopic (exact) mass is 339 g/mol. The van der Waals surface area contributed by atoms with Crippen molar-refractivity contribution in [3.63, 3.8) is 0 Å². The topological polar surface area (TPSA) is 104 Å². The molecule has 0 spiro atoms. The summed E-state index contributed by atoms with van der Waals surface area (Å²) in [6.45, 7) is 1.79. The van der Waals surface area contributed by atoms with E-state index in [1.807, 2.05) is 25.1 Å². The number of aryl methyl sites for hydroxylation is 1. The number of nitrogens with one attached hydrogen (secondary N) is 3. The van der Waals surface area contributed by atoms with E-state index in [0.29, 0.717) is 12.1 Å². The van der Waals surface area contributed by atoms with E-state index >= 15 is 0 Å². The molecule has 1 saturated heterocycles. The molecule has 1 aliphatic heterocycles. The third-order valence-electron chi connectivity index (χ3n) is 3.65. The summed E-state index contributed by atoms with van der Waals surface area (Å²) < 4.78 is 22.6. The van der Waals surface area contributed by atoms with Crippen molar-refractivity contribution in [2.45, 2.75) is 25.8 Å². The minimum atomic E-state index is -3.04. The van der Waals surface area contributed by atoms with Crippen LogP contribution in [-0.4, -0.2) is 44.4 Å². The summed E-state index contributed by atoms with van der Waals surface area (Å²) in [5.74, 6) is -0.333. The van der Waals surface area contributed by atoms with Crippen LogP contribution in [0, 0.1) is 0 Å². The zero-order valence-electron chi connectivity index (χ0n) is 13.0. The van der Waals surface area contributed by atoms with Crippen LogP contribution >= 0.6 is 0 Å². The van der Waals surface area contributed by atoms with Crippen LogP contribution in [0.25, 0.3) is 0 Å². The van der Waals surface area contributed by atoms with E-state index in [4.69, 9.17) is 0 Å². The molecule has 2 rings (SSSR count). The molecule has 1 aromatic rings. The minimum Gasteiger partial charge on any atom is -0.351 e. The second-order valence-electron chi connectivity index (χ2n) is 5.49. The van der Waals surface area contributed by atoms with Gasteiger partial charge >= 0.3 is 6.03 Å². The number of carbonyl (C=O) groups excluding carboxylic acids is 2. The number of hydrogen-bond acceptors (Lipinski definition) is 4. The highest BCUT2D eigenvalue weighted by Gasteiger charge is 2.28. The molecule has 1 unspecified atom stereocenters. The minimum absolute atomic E-state index is 0.0329. The van der Waals surface area contributed by atoms with Gasteiger partial charge in [0.25, 0.3) is 0 Å². The quantitative estimate of drug-likeness (QED) is 0.733. The van der Waals surface area contributed by atoms with Gasteiger partial charge in [-0.15, -0.1) is 0 Å². The second-order valence-corrected chi connectivity index (χ2v) is 7.71. The first-order chi connectivity index (χ1) is 10.9. The first-order valence-electron chi connectivity index (χ1n) is 7.52. The molecule has 3 N–H and O–H groups in total. The Morgan fingerprint density at radius 1 is 1.26 bits per heavy atom. The summed E-state index contributed by atoms with van der Waals surface area (Å²) in [4.78, 5) is 23.6. The molecule has 0 saturated carbocycles. The molecule has 8 heteroatoms. The number of carbonyl (C=O) groups is 2. The van der Waals surface area contributed by atoms with Crippen molar-refractivity contribution in [1.82, 2.24) is 10.6 Å². The number of urea groups is 1. The molecule has 1 aromatic carbocycles. The second kappa shape index (κ2) is 7.45. The maximum absolute atomic E-state index is 11.8. The zero-order chi connectivity index (χ0) is 16.9. The Morgan fingerprint density at radius 3 is 2.65 bits per heavy atom. The number of benzene rings is 1. The number of rotatable bonds is 5. The fourth-order valence-corrected chi connectivity index (χ4v) is 4.14. The number of para-hydroxylation sites is 1. The summed E-state index contributed by atoms with van der Waals surface area (Å²) in [7, 11) is -3.04. The van der Waals surface area contributed by atoms with Crippen LogP contribution in [0.5, 0.6) is 0 Å². The SMILES string of the molecule is CCc1ccccc1NC(=O)NCC(=O)NC1CCS(=O)(=O)C1. The number of anilines is 1. The Hall–Kier alpha value is -2.09. The van der Waals surface area contributed by atoms with Gasteiger partial charge in [0.1, 0.15) is 0 Å². The lowest BCUT2D eigenvalue weighted by Crippen LogP contribution is -2.43. The van der Waals surface area contributed by atoms with Crippen molar-refractivity contribution in [3.05, 3.63) is 29.8 Å². The van der Waals surface area contributed by atoms with Crippen LogP contribution in [0.4, 0.5) is 10.5 Å². The summed E-state index contributed by atoms with van der Waals surface area (Å²) in [5, 5.41) is 7.78. The zero-order valence-corrected chi connectivity index (χ0v) is 13.8. The highest BCUT2D eigenvalue weighted by atomic mass is 32.2. The number of amides is 3. The van der Waals surface area contributed by atoms with Gasteiger partial charge in [-0.1, -0.05) is 25.1 Å². The number of hydrogen-bond donors (Lipinski definition) is 3. The Kier molecular flexibility index (Phi) is 5.59. The molecule has 1 atom stereocenters. The van der Waals surface area contributed by atoms with Crippen LogP contribution in [0.3, 0.4) is 0 Å². The molecule has 1 fully saturated rings. The molecule has 7 nitrogen and oxygen atoms in total. The smallest absolute Gasteiger partial charge is 0.319 e. The highest BCUT2D eigenvalue weighted by Crippen LogP contribution is 2.15. The summed E-state index contributed by atoms with van der Waals surface area (Å²) in [6.07, 6.45) is 1.21. The first-order valence-corrected chi connectivity index (χ1v) is 9.34. The van der Waals surface area contributed by atoms with E-state index in [9.17, 15) is 18.0 Å². The van der Waals surface area contributed by atoms with Gasteiger partial charge in [-0.25, -0.2) is 13.2 Å². The molecule has 1 aliphatic rings.